The zero-order chi connectivity index (χ0) is 13.0. The molecule has 1 fully saturated rings. The molecule has 0 spiro atoms. The molecule has 0 radical (unpaired) electrons. The Kier molecular flexibility index (Phi) is 4.02. The van der Waals surface area contributed by atoms with Crippen LogP contribution in [0.1, 0.15) is 19.3 Å². The first kappa shape index (κ1) is 12.7. The highest BCUT2D eigenvalue weighted by atomic mass is 19.1. The molecule has 0 saturated carbocycles. The van der Waals surface area contributed by atoms with E-state index in [1.54, 1.807) is 11.0 Å². The van der Waals surface area contributed by atoms with Crippen LogP contribution in [0, 0.1) is 5.82 Å². The first-order valence-corrected chi connectivity index (χ1v) is 6.10. The number of methoxy groups -OCH3 is 1. The molecule has 1 heterocycles. The lowest BCUT2D eigenvalue weighted by Crippen LogP contribution is -2.38. The van der Waals surface area contributed by atoms with Crippen molar-refractivity contribution in [3.8, 4) is 5.75 Å². The number of likely N-dealkylation sites (tertiary alicyclic amines) is 1. The SMILES string of the molecule is COc1ccc(NC(=O)N2CCCCC2)cc1F. The average molecular weight is 252 g/mol. The quantitative estimate of drug-likeness (QED) is 0.879. The van der Waals surface area contributed by atoms with Gasteiger partial charge >= 0.3 is 6.03 Å². The average Bonchev–Trinajstić information content (AvgIpc) is 2.40. The van der Waals surface area contributed by atoms with Crippen LogP contribution in [-0.4, -0.2) is 31.1 Å². The molecule has 18 heavy (non-hydrogen) atoms. The largest absolute Gasteiger partial charge is 0.494 e. The second-order valence-corrected chi connectivity index (χ2v) is 4.33. The van der Waals surface area contributed by atoms with Crippen LogP contribution in [0.4, 0.5) is 14.9 Å². The molecule has 0 unspecified atom stereocenters. The summed E-state index contributed by atoms with van der Waals surface area (Å²) in [5, 5.41) is 2.70. The number of hydrogen-bond donors (Lipinski definition) is 1. The topological polar surface area (TPSA) is 41.6 Å². The van der Waals surface area contributed by atoms with Crippen molar-refractivity contribution in [2.24, 2.45) is 0 Å². The number of ether oxygens (including phenoxy) is 1. The predicted molar refractivity (Wildman–Crippen MR) is 67.4 cm³/mol. The van der Waals surface area contributed by atoms with Crippen LogP contribution >= 0.6 is 0 Å². The third-order valence-electron chi connectivity index (χ3n) is 3.05. The second-order valence-electron chi connectivity index (χ2n) is 4.33. The fraction of sp³-hybridized carbons (Fsp3) is 0.462. The van der Waals surface area contributed by atoms with Gasteiger partial charge in [0.05, 0.1) is 7.11 Å². The molecule has 1 N–H and O–H groups in total. The molecule has 1 aliphatic rings. The van der Waals surface area contributed by atoms with E-state index < -0.39 is 5.82 Å². The van der Waals surface area contributed by atoms with Crippen molar-refractivity contribution < 1.29 is 13.9 Å². The van der Waals surface area contributed by atoms with E-state index in [9.17, 15) is 9.18 Å². The molecule has 0 bridgehead atoms. The molecule has 0 aliphatic carbocycles. The van der Waals surface area contributed by atoms with Gasteiger partial charge in [-0.05, 0) is 31.4 Å². The van der Waals surface area contributed by atoms with E-state index in [1.807, 2.05) is 0 Å². The molecular weight excluding hydrogens is 235 g/mol. The Morgan fingerprint density at radius 1 is 1.33 bits per heavy atom. The van der Waals surface area contributed by atoms with Gasteiger partial charge in [0.2, 0.25) is 0 Å². The lowest BCUT2D eigenvalue weighted by atomic mass is 10.1. The number of halogens is 1. The molecular formula is C13H17FN2O2. The van der Waals surface area contributed by atoms with E-state index in [2.05, 4.69) is 5.32 Å². The maximum atomic E-state index is 13.5. The van der Waals surface area contributed by atoms with Gasteiger partial charge in [-0.2, -0.15) is 0 Å². The van der Waals surface area contributed by atoms with Gasteiger partial charge in [-0.3, -0.25) is 0 Å². The lowest BCUT2D eigenvalue weighted by Gasteiger charge is -2.26. The fourth-order valence-electron chi connectivity index (χ4n) is 2.04. The van der Waals surface area contributed by atoms with Crippen molar-refractivity contribution in [1.82, 2.24) is 4.90 Å². The van der Waals surface area contributed by atoms with Gasteiger partial charge in [0.1, 0.15) is 0 Å². The first-order chi connectivity index (χ1) is 8.70. The van der Waals surface area contributed by atoms with Gasteiger partial charge in [-0.15, -0.1) is 0 Å². The Bertz CT molecular complexity index is 431. The Morgan fingerprint density at radius 3 is 2.67 bits per heavy atom. The third-order valence-corrected chi connectivity index (χ3v) is 3.05. The van der Waals surface area contributed by atoms with E-state index >= 15 is 0 Å². The molecule has 98 valence electrons. The lowest BCUT2D eigenvalue weighted by molar-refractivity contribution is 0.200. The summed E-state index contributed by atoms with van der Waals surface area (Å²) in [7, 11) is 1.41. The van der Waals surface area contributed by atoms with Crippen molar-refractivity contribution >= 4 is 11.7 Å². The Balaban J connectivity index is 2.00. The highest BCUT2D eigenvalue weighted by molar-refractivity contribution is 5.89. The van der Waals surface area contributed by atoms with E-state index in [-0.39, 0.29) is 11.8 Å². The van der Waals surface area contributed by atoms with Crippen LogP contribution in [0.25, 0.3) is 0 Å². The monoisotopic (exact) mass is 252 g/mol. The molecule has 1 saturated heterocycles. The minimum Gasteiger partial charge on any atom is -0.494 e. The molecule has 1 aliphatic heterocycles. The first-order valence-electron chi connectivity index (χ1n) is 6.10. The van der Waals surface area contributed by atoms with Gasteiger partial charge < -0.3 is 15.0 Å². The number of urea groups is 1. The fourth-order valence-corrected chi connectivity index (χ4v) is 2.04. The number of hydrogen-bond acceptors (Lipinski definition) is 2. The van der Waals surface area contributed by atoms with Gasteiger partial charge in [0.15, 0.2) is 11.6 Å². The van der Waals surface area contributed by atoms with E-state index in [4.69, 9.17) is 4.74 Å². The van der Waals surface area contributed by atoms with Crippen molar-refractivity contribution in [1.29, 1.82) is 0 Å². The number of nitrogens with one attached hydrogen (secondary N) is 1. The summed E-state index contributed by atoms with van der Waals surface area (Å²) in [6, 6.07) is 4.23. The maximum absolute atomic E-state index is 13.5. The van der Waals surface area contributed by atoms with Crippen LogP contribution in [0.3, 0.4) is 0 Å². The van der Waals surface area contributed by atoms with Crippen molar-refractivity contribution in [3.05, 3.63) is 24.0 Å². The highest BCUT2D eigenvalue weighted by Gasteiger charge is 2.16. The number of carbonyl (C=O) groups excluding carboxylic acids is 1. The number of piperidine rings is 1. The number of amides is 2. The van der Waals surface area contributed by atoms with Crippen LogP contribution < -0.4 is 10.1 Å². The molecule has 5 heteroatoms. The Hall–Kier alpha value is -1.78. The molecule has 2 rings (SSSR count). The van der Waals surface area contributed by atoms with Gasteiger partial charge in [0, 0.05) is 24.8 Å². The third kappa shape index (κ3) is 2.91. The van der Waals surface area contributed by atoms with Crippen molar-refractivity contribution in [2.45, 2.75) is 19.3 Å². The van der Waals surface area contributed by atoms with E-state index in [1.165, 1.54) is 25.7 Å². The van der Waals surface area contributed by atoms with Gasteiger partial charge in [-0.25, -0.2) is 9.18 Å². The van der Waals surface area contributed by atoms with E-state index in [0.717, 1.165) is 25.9 Å². The summed E-state index contributed by atoms with van der Waals surface area (Å²) in [5.41, 5.74) is 0.448. The number of nitrogens with zero attached hydrogens (tertiary/aromatic N) is 1. The van der Waals surface area contributed by atoms with Crippen LogP contribution in [-0.2, 0) is 0 Å². The molecule has 2 amide bonds. The zero-order valence-corrected chi connectivity index (χ0v) is 10.4. The summed E-state index contributed by atoms with van der Waals surface area (Å²) in [6.07, 6.45) is 3.23. The summed E-state index contributed by atoms with van der Waals surface area (Å²) in [5.74, 6) is -0.306. The normalized spacial score (nSPS) is 15.3. The maximum Gasteiger partial charge on any atom is 0.321 e. The number of carbonyl (C=O) groups is 1. The highest BCUT2D eigenvalue weighted by Crippen LogP contribution is 2.21. The van der Waals surface area contributed by atoms with Crippen molar-refractivity contribution in [3.63, 3.8) is 0 Å². The van der Waals surface area contributed by atoms with Crippen LogP contribution in [0.15, 0.2) is 18.2 Å². The molecule has 1 aromatic rings. The van der Waals surface area contributed by atoms with Crippen LogP contribution in [0.2, 0.25) is 0 Å². The standard InChI is InChI=1S/C13H17FN2O2/c1-18-12-6-5-10(9-11(12)14)15-13(17)16-7-3-2-4-8-16/h5-6,9H,2-4,7-8H2,1H3,(H,15,17). The Labute approximate surface area is 106 Å². The number of rotatable bonds is 2. The minimum absolute atomic E-state index is 0.167. The summed E-state index contributed by atoms with van der Waals surface area (Å²) < 4.78 is 18.3. The molecule has 0 atom stereocenters. The molecule has 0 aromatic heterocycles. The smallest absolute Gasteiger partial charge is 0.321 e. The van der Waals surface area contributed by atoms with E-state index in [0.29, 0.717) is 5.69 Å². The van der Waals surface area contributed by atoms with Gasteiger partial charge in [-0.1, -0.05) is 0 Å². The Morgan fingerprint density at radius 2 is 2.06 bits per heavy atom. The number of anilines is 1. The summed E-state index contributed by atoms with van der Waals surface area (Å²) in [6.45, 7) is 1.54. The summed E-state index contributed by atoms with van der Waals surface area (Å²) >= 11 is 0. The zero-order valence-electron chi connectivity index (χ0n) is 10.4. The minimum atomic E-state index is -0.478. The number of benzene rings is 1. The van der Waals surface area contributed by atoms with Crippen molar-refractivity contribution in [2.75, 3.05) is 25.5 Å². The predicted octanol–water partition coefficient (Wildman–Crippen LogP) is 2.85. The van der Waals surface area contributed by atoms with Gasteiger partial charge in [0.25, 0.3) is 0 Å². The van der Waals surface area contributed by atoms with Crippen LogP contribution in [0.5, 0.6) is 5.75 Å². The summed E-state index contributed by atoms with van der Waals surface area (Å²) in [4.78, 5) is 13.6. The second kappa shape index (κ2) is 5.71. The molecule has 4 nitrogen and oxygen atoms in total. The molecule has 1 aromatic carbocycles.